The second-order valence-electron chi connectivity index (χ2n) is 11.3. The Hall–Kier alpha value is -6.18. The Kier molecular flexibility index (Phi) is 8.31. The van der Waals surface area contributed by atoms with Crippen molar-refractivity contribution in [1.29, 1.82) is 0 Å². The normalized spacial score (nSPS) is 11.4. The van der Waals surface area contributed by atoms with Crippen molar-refractivity contribution in [2.75, 3.05) is 34.9 Å². The predicted molar refractivity (Wildman–Crippen MR) is 178 cm³/mol. The average Bonchev–Trinajstić information content (AvgIpc) is 3.69. The van der Waals surface area contributed by atoms with E-state index in [0.717, 1.165) is 23.5 Å². The minimum absolute atomic E-state index is 0.136. The van der Waals surface area contributed by atoms with Gasteiger partial charge in [0.2, 0.25) is 0 Å². The number of carbonyl (C=O) groups excluding carboxylic acids is 2. The fourth-order valence-electron chi connectivity index (χ4n) is 5.11. The number of rotatable bonds is 7. The zero-order chi connectivity index (χ0) is 34.2. The molecular formula is C34H30F3N9O2. The fourth-order valence-corrected chi connectivity index (χ4v) is 5.11. The molecule has 0 unspecified atom stereocenters. The van der Waals surface area contributed by atoms with E-state index in [9.17, 15) is 22.8 Å². The minimum Gasteiger partial charge on any atom is -0.378 e. The summed E-state index contributed by atoms with van der Waals surface area (Å²) in [5.74, 6) is -0.237. The lowest BCUT2D eigenvalue weighted by atomic mass is 10.1. The first-order valence-corrected chi connectivity index (χ1v) is 14.7. The van der Waals surface area contributed by atoms with Gasteiger partial charge in [0, 0.05) is 60.5 Å². The van der Waals surface area contributed by atoms with Crippen LogP contribution in [0, 0.1) is 13.8 Å². The minimum atomic E-state index is -4.68. The van der Waals surface area contributed by atoms with Crippen LogP contribution in [0.25, 0.3) is 16.7 Å². The van der Waals surface area contributed by atoms with Crippen LogP contribution in [0.4, 0.5) is 46.5 Å². The second-order valence-corrected chi connectivity index (χ2v) is 11.3. The molecule has 2 amide bonds. The lowest BCUT2D eigenvalue weighted by molar-refractivity contribution is -0.137. The molecular weight excluding hydrogens is 623 g/mol. The maximum absolute atomic E-state index is 13.8. The molecule has 6 aromatic rings. The van der Waals surface area contributed by atoms with E-state index in [-0.39, 0.29) is 11.3 Å². The number of benzene rings is 3. The highest BCUT2D eigenvalue weighted by atomic mass is 19.4. The largest absolute Gasteiger partial charge is 0.416 e. The Morgan fingerprint density at radius 3 is 2.33 bits per heavy atom. The molecule has 3 aromatic carbocycles. The molecule has 0 aliphatic carbocycles. The number of carbonyl (C=O) groups is 2. The first kappa shape index (κ1) is 31.8. The number of halogens is 3. The van der Waals surface area contributed by atoms with E-state index < -0.39 is 23.7 Å². The van der Waals surface area contributed by atoms with Crippen molar-refractivity contribution >= 4 is 51.5 Å². The summed E-state index contributed by atoms with van der Waals surface area (Å²) < 4.78 is 44.0. The van der Waals surface area contributed by atoms with Gasteiger partial charge in [-0.15, -0.1) is 0 Å². The standard InChI is InChI=1S/C34H30F3N9O2/c1-20-17-45(19-40-20)26-14-22(13-23(15-26)34(35,36)37)32(47)42-28-9-6-10-29(21(28)2)43-33(48)46-12-11-27-30(38-18-39-31(27)46)41-24-7-5-8-25(16-24)44(3)4/h5-19H,1-4H3,(H,42,47)(H,43,48)(H,38,39,41). The molecule has 3 aromatic heterocycles. The SMILES string of the molecule is Cc1cn(-c2cc(C(=O)Nc3cccc(NC(=O)n4ccc5c(Nc6cccc(N(C)C)c6)ncnc54)c3C)cc(C(F)(F)F)c2)cn1. The van der Waals surface area contributed by atoms with Crippen LogP contribution < -0.4 is 20.9 Å². The topological polar surface area (TPSA) is 122 Å². The molecule has 0 saturated carbocycles. The van der Waals surface area contributed by atoms with Gasteiger partial charge in [-0.05, 0) is 74.0 Å². The molecule has 14 heteroatoms. The molecule has 0 saturated heterocycles. The summed E-state index contributed by atoms with van der Waals surface area (Å²) in [6, 6.07) is 17.0. The van der Waals surface area contributed by atoms with Crippen LogP contribution in [-0.4, -0.2) is 50.1 Å². The summed E-state index contributed by atoms with van der Waals surface area (Å²) in [5.41, 5.74) is 2.93. The van der Waals surface area contributed by atoms with E-state index in [0.29, 0.717) is 39.5 Å². The fraction of sp³-hybridized carbons (Fsp3) is 0.147. The number of aryl methyl sites for hydroxylation is 1. The van der Waals surface area contributed by atoms with Crippen LogP contribution in [0.2, 0.25) is 0 Å². The number of hydrogen-bond donors (Lipinski definition) is 3. The molecule has 3 heterocycles. The Bertz CT molecular complexity index is 2170. The van der Waals surface area contributed by atoms with Crippen molar-refractivity contribution in [1.82, 2.24) is 24.1 Å². The van der Waals surface area contributed by atoms with Gasteiger partial charge >= 0.3 is 12.2 Å². The zero-order valence-electron chi connectivity index (χ0n) is 26.3. The molecule has 0 aliphatic rings. The third-order valence-corrected chi connectivity index (χ3v) is 7.67. The van der Waals surface area contributed by atoms with Crippen molar-refractivity contribution in [3.8, 4) is 5.69 Å². The number of anilines is 5. The van der Waals surface area contributed by atoms with Gasteiger partial charge in [-0.2, -0.15) is 13.2 Å². The van der Waals surface area contributed by atoms with Crippen molar-refractivity contribution in [2.45, 2.75) is 20.0 Å². The van der Waals surface area contributed by atoms with Crippen LogP contribution in [0.15, 0.2) is 91.8 Å². The molecule has 0 spiro atoms. The Balaban J connectivity index is 1.23. The van der Waals surface area contributed by atoms with E-state index in [2.05, 4.69) is 30.9 Å². The van der Waals surface area contributed by atoms with Crippen molar-refractivity contribution < 1.29 is 22.8 Å². The number of imidazole rings is 1. The molecule has 244 valence electrons. The van der Waals surface area contributed by atoms with Gasteiger partial charge in [0.25, 0.3) is 5.91 Å². The summed E-state index contributed by atoms with van der Waals surface area (Å²) in [5, 5.41) is 9.43. The summed E-state index contributed by atoms with van der Waals surface area (Å²) in [4.78, 5) is 41.5. The molecule has 0 atom stereocenters. The maximum Gasteiger partial charge on any atom is 0.416 e. The molecule has 0 bridgehead atoms. The Labute approximate surface area is 273 Å². The highest BCUT2D eigenvalue weighted by molar-refractivity contribution is 6.06. The van der Waals surface area contributed by atoms with Gasteiger partial charge in [-0.1, -0.05) is 12.1 Å². The summed E-state index contributed by atoms with van der Waals surface area (Å²) in [6.07, 6.45) is 1.20. The van der Waals surface area contributed by atoms with Crippen molar-refractivity contribution in [3.63, 3.8) is 0 Å². The number of aromatic nitrogens is 5. The van der Waals surface area contributed by atoms with Crippen LogP contribution in [-0.2, 0) is 6.18 Å². The number of hydrogen-bond acceptors (Lipinski definition) is 7. The third kappa shape index (κ3) is 6.54. The molecule has 6 rings (SSSR count). The first-order chi connectivity index (χ1) is 22.9. The predicted octanol–water partition coefficient (Wildman–Crippen LogP) is 7.39. The number of alkyl halides is 3. The van der Waals surface area contributed by atoms with Gasteiger partial charge in [0.1, 0.15) is 12.1 Å². The van der Waals surface area contributed by atoms with E-state index in [1.165, 1.54) is 27.9 Å². The quantitative estimate of drug-likeness (QED) is 0.164. The molecule has 0 aliphatic heterocycles. The van der Waals surface area contributed by atoms with E-state index in [1.54, 1.807) is 50.5 Å². The number of nitrogens with one attached hydrogen (secondary N) is 3. The smallest absolute Gasteiger partial charge is 0.378 e. The summed E-state index contributed by atoms with van der Waals surface area (Å²) >= 11 is 0. The monoisotopic (exact) mass is 653 g/mol. The van der Waals surface area contributed by atoms with Gasteiger partial charge in [0.15, 0.2) is 5.65 Å². The van der Waals surface area contributed by atoms with Gasteiger partial charge in [-0.25, -0.2) is 19.7 Å². The molecule has 0 radical (unpaired) electrons. The lowest BCUT2D eigenvalue weighted by Crippen LogP contribution is -2.20. The average molecular weight is 654 g/mol. The number of amides is 2. The Morgan fingerprint density at radius 1 is 0.875 bits per heavy atom. The highest BCUT2D eigenvalue weighted by Gasteiger charge is 2.32. The number of nitrogens with zero attached hydrogens (tertiary/aromatic N) is 6. The molecule has 3 N–H and O–H groups in total. The van der Waals surface area contributed by atoms with E-state index >= 15 is 0 Å². The lowest BCUT2D eigenvalue weighted by Gasteiger charge is -2.16. The van der Waals surface area contributed by atoms with Crippen LogP contribution in [0.1, 0.15) is 27.2 Å². The van der Waals surface area contributed by atoms with Crippen LogP contribution in [0.3, 0.4) is 0 Å². The van der Waals surface area contributed by atoms with Gasteiger partial charge in [-0.3, -0.25) is 9.36 Å². The second kappa shape index (κ2) is 12.5. The van der Waals surface area contributed by atoms with Gasteiger partial charge < -0.3 is 25.4 Å². The number of fused-ring (bicyclic) bond motifs is 1. The molecule has 48 heavy (non-hydrogen) atoms. The first-order valence-electron chi connectivity index (χ1n) is 14.7. The van der Waals surface area contributed by atoms with E-state index in [1.807, 2.05) is 43.3 Å². The molecule has 11 nitrogen and oxygen atoms in total. The summed E-state index contributed by atoms with van der Waals surface area (Å²) in [6.45, 7) is 3.39. The highest BCUT2D eigenvalue weighted by Crippen LogP contribution is 2.33. The van der Waals surface area contributed by atoms with E-state index in [4.69, 9.17) is 0 Å². The Morgan fingerprint density at radius 2 is 1.62 bits per heavy atom. The maximum atomic E-state index is 13.8. The van der Waals surface area contributed by atoms with Crippen LogP contribution >= 0.6 is 0 Å². The van der Waals surface area contributed by atoms with Crippen molar-refractivity contribution in [2.24, 2.45) is 0 Å². The molecule has 0 fully saturated rings. The van der Waals surface area contributed by atoms with Crippen molar-refractivity contribution in [3.05, 3.63) is 114 Å². The summed E-state index contributed by atoms with van der Waals surface area (Å²) in [7, 11) is 3.89. The zero-order valence-corrected chi connectivity index (χ0v) is 26.3. The van der Waals surface area contributed by atoms with Crippen LogP contribution in [0.5, 0.6) is 0 Å². The van der Waals surface area contributed by atoms with Gasteiger partial charge in [0.05, 0.1) is 23.0 Å². The third-order valence-electron chi connectivity index (χ3n) is 7.67.